The lowest BCUT2D eigenvalue weighted by molar-refractivity contribution is -0.128. The molecule has 0 fully saturated rings. The Balaban J connectivity index is 1.92. The van der Waals surface area contributed by atoms with Crippen molar-refractivity contribution in [1.29, 1.82) is 0 Å². The molecule has 0 spiro atoms. The third kappa shape index (κ3) is 6.30. The highest BCUT2D eigenvalue weighted by Gasteiger charge is 2.12. The molecule has 0 atom stereocenters. The number of rotatable bonds is 9. The highest BCUT2D eigenvalue weighted by atomic mass is 32.2. The molecule has 0 saturated carbocycles. The maximum Gasteiger partial charge on any atom is 0.251 e. The number of nitrogens with zero attached hydrogens (tertiary/aromatic N) is 2. The van der Waals surface area contributed by atoms with E-state index in [4.69, 9.17) is 0 Å². The van der Waals surface area contributed by atoms with Crippen LogP contribution in [0.3, 0.4) is 0 Å². The summed E-state index contributed by atoms with van der Waals surface area (Å²) in [6.07, 6.45) is 0.0207. The number of hydrogen-bond donors (Lipinski definition) is 2. The van der Waals surface area contributed by atoms with Crippen LogP contribution in [0.2, 0.25) is 0 Å². The lowest BCUT2D eigenvalue weighted by atomic mass is 10.3. The van der Waals surface area contributed by atoms with E-state index in [1.165, 1.54) is 17.8 Å². The van der Waals surface area contributed by atoms with Crippen LogP contribution in [0.25, 0.3) is 0 Å². The van der Waals surface area contributed by atoms with Gasteiger partial charge < -0.3 is 15.2 Å². The summed E-state index contributed by atoms with van der Waals surface area (Å²) in [4.78, 5) is 45.5. The highest BCUT2D eigenvalue weighted by Crippen LogP contribution is 2.13. The fourth-order valence-electron chi connectivity index (χ4n) is 2.27. The van der Waals surface area contributed by atoms with Gasteiger partial charge in [-0.25, -0.2) is 4.98 Å². The zero-order valence-corrected chi connectivity index (χ0v) is 16.4. The van der Waals surface area contributed by atoms with Gasteiger partial charge in [-0.3, -0.25) is 14.4 Å². The van der Waals surface area contributed by atoms with Gasteiger partial charge in [0.05, 0.1) is 24.4 Å². The predicted octanol–water partition coefficient (Wildman–Crippen LogP) is 1.65. The SMILES string of the molecule is CCN(CC)C(=O)CSc1nc(CC(=O)NCc2cccs2)cc(=O)[nH]1. The number of thiophene rings is 1. The lowest BCUT2D eigenvalue weighted by Gasteiger charge is -2.17. The zero-order valence-electron chi connectivity index (χ0n) is 14.8. The van der Waals surface area contributed by atoms with Gasteiger partial charge in [0, 0.05) is 24.0 Å². The van der Waals surface area contributed by atoms with Gasteiger partial charge in [-0.2, -0.15) is 0 Å². The molecule has 0 radical (unpaired) electrons. The van der Waals surface area contributed by atoms with Gasteiger partial charge >= 0.3 is 0 Å². The molecule has 2 heterocycles. The minimum atomic E-state index is -0.334. The first kappa shape index (κ1) is 20.2. The van der Waals surface area contributed by atoms with Gasteiger partial charge in [-0.05, 0) is 25.3 Å². The average molecular weight is 395 g/mol. The molecule has 26 heavy (non-hydrogen) atoms. The van der Waals surface area contributed by atoms with Crippen molar-refractivity contribution in [1.82, 2.24) is 20.2 Å². The van der Waals surface area contributed by atoms with E-state index >= 15 is 0 Å². The molecule has 0 bridgehead atoms. The molecule has 0 aliphatic rings. The van der Waals surface area contributed by atoms with Crippen molar-refractivity contribution in [2.45, 2.75) is 32.0 Å². The van der Waals surface area contributed by atoms with E-state index in [0.717, 1.165) is 4.88 Å². The first-order chi connectivity index (χ1) is 12.5. The quantitative estimate of drug-likeness (QED) is 0.498. The van der Waals surface area contributed by atoms with Crippen LogP contribution in [-0.2, 0) is 22.6 Å². The number of amides is 2. The smallest absolute Gasteiger partial charge is 0.251 e. The van der Waals surface area contributed by atoms with E-state index in [0.29, 0.717) is 30.5 Å². The number of carbonyl (C=O) groups excluding carboxylic acids is 2. The van der Waals surface area contributed by atoms with Crippen molar-refractivity contribution in [2.75, 3.05) is 18.8 Å². The molecule has 9 heteroatoms. The van der Waals surface area contributed by atoms with Crippen molar-refractivity contribution in [3.8, 4) is 0 Å². The molecule has 0 aliphatic heterocycles. The van der Waals surface area contributed by atoms with E-state index in [-0.39, 0.29) is 29.5 Å². The van der Waals surface area contributed by atoms with E-state index in [1.54, 1.807) is 16.2 Å². The summed E-state index contributed by atoms with van der Waals surface area (Å²) < 4.78 is 0. The van der Waals surface area contributed by atoms with E-state index in [1.807, 2.05) is 31.4 Å². The molecule has 2 aromatic rings. The van der Waals surface area contributed by atoms with Crippen molar-refractivity contribution in [2.24, 2.45) is 0 Å². The van der Waals surface area contributed by atoms with E-state index in [2.05, 4.69) is 15.3 Å². The number of aromatic nitrogens is 2. The van der Waals surface area contributed by atoms with Gasteiger partial charge in [0.2, 0.25) is 11.8 Å². The summed E-state index contributed by atoms with van der Waals surface area (Å²) in [6, 6.07) is 5.17. The van der Waals surface area contributed by atoms with E-state index < -0.39 is 0 Å². The minimum Gasteiger partial charge on any atom is -0.351 e. The molecule has 0 aromatic carbocycles. The van der Waals surface area contributed by atoms with Crippen LogP contribution in [0.4, 0.5) is 0 Å². The third-order valence-electron chi connectivity index (χ3n) is 3.60. The number of H-pyrrole nitrogens is 1. The van der Waals surface area contributed by atoms with Crippen molar-refractivity contribution < 1.29 is 9.59 Å². The van der Waals surface area contributed by atoms with Gasteiger partial charge in [-0.15, -0.1) is 11.3 Å². The number of hydrogen-bond acceptors (Lipinski definition) is 6. The Hall–Kier alpha value is -2.13. The Labute approximate surface area is 160 Å². The Bertz CT molecular complexity index is 786. The highest BCUT2D eigenvalue weighted by molar-refractivity contribution is 7.99. The average Bonchev–Trinajstić information content (AvgIpc) is 3.12. The zero-order chi connectivity index (χ0) is 18.9. The van der Waals surface area contributed by atoms with Crippen LogP contribution in [-0.4, -0.2) is 45.5 Å². The standard InChI is InChI=1S/C17H22N4O3S2/c1-3-21(4-2)16(24)11-26-17-19-12(9-15(23)20-17)8-14(22)18-10-13-6-5-7-25-13/h5-7,9H,3-4,8,10-11H2,1-2H3,(H,18,22)(H,19,20,23). The molecule has 7 nitrogen and oxygen atoms in total. The summed E-state index contributed by atoms with van der Waals surface area (Å²) in [6.45, 7) is 5.58. The normalized spacial score (nSPS) is 10.5. The molecule has 140 valence electrons. The first-order valence-corrected chi connectivity index (χ1v) is 10.2. The van der Waals surface area contributed by atoms with Crippen LogP contribution >= 0.6 is 23.1 Å². The molecule has 2 aromatic heterocycles. The summed E-state index contributed by atoms with van der Waals surface area (Å²) >= 11 is 2.73. The molecule has 0 unspecified atom stereocenters. The van der Waals surface area contributed by atoms with Crippen molar-refractivity contribution >= 4 is 34.9 Å². The molecular formula is C17H22N4O3S2. The van der Waals surface area contributed by atoms with Crippen molar-refractivity contribution in [3.63, 3.8) is 0 Å². The molecule has 2 N–H and O–H groups in total. The van der Waals surface area contributed by atoms with Crippen LogP contribution in [0.5, 0.6) is 0 Å². The maximum atomic E-state index is 12.0. The number of aromatic amines is 1. The molecular weight excluding hydrogens is 372 g/mol. The Morgan fingerprint density at radius 2 is 2.12 bits per heavy atom. The Morgan fingerprint density at radius 1 is 1.35 bits per heavy atom. The van der Waals surface area contributed by atoms with Gasteiger partial charge in [0.1, 0.15) is 0 Å². The first-order valence-electron chi connectivity index (χ1n) is 8.31. The topological polar surface area (TPSA) is 95.2 Å². The Morgan fingerprint density at radius 3 is 2.77 bits per heavy atom. The lowest BCUT2D eigenvalue weighted by Crippen LogP contribution is -2.32. The maximum absolute atomic E-state index is 12.0. The molecule has 0 saturated heterocycles. The monoisotopic (exact) mass is 394 g/mol. The fourth-order valence-corrected chi connectivity index (χ4v) is 3.71. The minimum absolute atomic E-state index is 0.0123. The second kappa shape index (κ2) is 10.1. The second-order valence-corrected chi connectivity index (χ2v) is 7.43. The predicted molar refractivity (Wildman–Crippen MR) is 103 cm³/mol. The van der Waals surface area contributed by atoms with Crippen LogP contribution in [0.15, 0.2) is 33.5 Å². The van der Waals surface area contributed by atoms with E-state index in [9.17, 15) is 14.4 Å². The summed E-state index contributed by atoms with van der Waals surface area (Å²) in [5.74, 6) is -0.0213. The number of nitrogens with one attached hydrogen (secondary N) is 2. The summed E-state index contributed by atoms with van der Waals surface area (Å²) in [5.41, 5.74) is 0.0501. The largest absolute Gasteiger partial charge is 0.351 e. The molecule has 0 aliphatic carbocycles. The van der Waals surface area contributed by atoms with Crippen molar-refractivity contribution in [3.05, 3.63) is 44.5 Å². The molecule has 2 amide bonds. The van der Waals surface area contributed by atoms with Gasteiger partial charge in [0.25, 0.3) is 5.56 Å². The van der Waals surface area contributed by atoms with Gasteiger partial charge in [0.15, 0.2) is 5.16 Å². The van der Waals surface area contributed by atoms with Crippen LogP contribution in [0, 0.1) is 0 Å². The third-order valence-corrected chi connectivity index (χ3v) is 5.34. The van der Waals surface area contributed by atoms with Crippen LogP contribution < -0.4 is 10.9 Å². The Kier molecular flexibility index (Phi) is 7.86. The summed E-state index contributed by atoms with van der Waals surface area (Å²) in [7, 11) is 0. The fraction of sp³-hybridized carbons (Fsp3) is 0.412. The van der Waals surface area contributed by atoms with Gasteiger partial charge in [-0.1, -0.05) is 17.8 Å². The van der Waals surface area contributed by atoms with Crippen LogP contribution in [0.1, 0.15) is 24.4 Å². The second-order valence-electron chi connectivity index (χ2n) is 5.43. The molecule has 2 rings (SSSR count). The number of carbonyl (C=O) groups is 2. The summed E-state index contributed by atoms with van der Waals surface area (Å²) in [5, 5.41) is 5.10. The number of thioether (sulfide) groups is 1.